The van der Waals surface area contributed by atoms with Crippen molar-refractivity contribution in [1.82, 2.24) is 0 Å². The molecule has 3 aromatic rings. The predicted molar refractivity (Wildman–Crippen MR) is 114 cm³/mol. The first-order valence-electron chi connectivity index (χ1n) is 9.41. The Morgan fingerprint density at radius 3 is 2.23 bits per heavy atom. The molecule has 5 nitrogen and oxygen atoms in total. The Kier molecular flexibility index (Phi) is 6.59. The summed E-state index contributed by atoms with van der Waals surface area (Å²) in [5.41, 5.74) is 1.10. The maximum Gasteiger partial charge on any atom is 0.418 e. The van der Waals surface area contributed by atoms with Crippen LogP contribution in [-0.4, -0.2) is 18.4 Å². The summed E-state index contributed by atoms with van der Waals surface area (Å²) in [6.07, 6.45) is -4.58. The van der Waals surface area contributed by atoms with Gasteiger partial charge in [-0.1, -0.05) is 36.4 Å². The van der Waals surface area contributed by atoms with E-state index >= 15 is 0 Å². The minimum Gasteiger partial charge on any atom is -0.376 e. The molecule has 0 spiro atoms. The number of anilines is 3. The van der Waals surface area contributed by atoms with E-state index in [-0.39, 0.29) is 18.1 Å². The van der Waals surface area contributed by atoms with Gasteiger partial charge in [-0.3, -0.25) is 9.59 Å². The Bertz CT molecular complexity index is 1080. The first kappa shape index (κ1) is 21.9. The van der Waals surface area contributed by atoms with Crippen LogP contribution < -0.4 is 16.0 Å². The van der Waals surface area contributed by atoms with Gasteiger partial charge in [-0.15, -0.1) is 0 Å². The Morgan fingerprint density at radius 2 is 1.52 bits per heavy atom. The lowest BCUT2D eigenvalue weighted by molar-refractivity contribution is -0.137. The highest BCUT2D eigenvalue weighted by molar-refractivity contribution is 6.05. The fourth-order valence-electron chi connectivity index (χ4n) is 2.89. The third-order valence-electron chi connectivity index (χ3n) is 4.48. The quantitative estimate of drug-likeness (QED) is 0.499. The molecule has 0 unspecified atom stereocenters. The van der Waals surface area contributed by atoms with Crippen LogP contribution in [0.1, 0.15) is 21.5 Å². The first-order chi connectivity index (χ1) is 14.7. The van der Waals surface area contributed by atoms with Crippen LogP contribution in [0.5, 0.6) is 0 Å². The van der Waals surface area contributed by atoms with Gasteiger partial charge in [-0.25, -0.2) is 0 Å². The number of para-hydroxylation sites is 2. The maximum absolute atomic E-state index is 13.1. The summed E-state index contributed by atoms with van der Waals surface area (Å²) in [6.45, 7) is 1.52. The molecule has 3 N–H and O–H groups in total. The van der Waals surface area contributed by atoms with E-state index in [4.69, 9.17) is 0 Å². The van der Waals surface area contributed by atoms with Crippen molar-refractivity contribution in [3.8, 4) is 0 Å². The molecule has 0 atom stereocenters. The zero-order valence-corrected chi connectivity index (χ0v) is 16.6. The first-order valence-corrected chi connectivity index (χ1v) is 9.41. The molecule has 0 fully saturated rings. The smallest absolute Gasteiger partial charge is 0.376 e. The van der Waals surface area contributed by atoms with Gasteiger partial charge in [0.2, 0.25) is 5.91 Å². The molecule has 31 heavy (non-hydrogen) atoms. The van der Waals surface area contributed by atoms with Crippen molar-refractivity contribution in [2.24, 2.45) is 0 Å². The van der Waals surface area contributed by atoms with E-state index in [2.05, 4.69) is 16.0 Å². The molecule has 0 heterocycles. The van der Waals surface area contributed by atoms with E-state index in [1.165, 1.54) is 18.2 Å². The highest BCUT2D eigenvalue weighted by Crippen LogP contribution is 2.34. The number of hydrogen-bond acceptors (Lipinski definition) is 3. The molecule has 2 amide bonds. The van der Waals surface area contributed by atoms with Crippen LogP contribution in [0.15, 0.2) is 72.8 Å². The third kappa shape index (κ3) is 5.85. The molecule has 0 aromatic heterocycles. The number of alkyl halides is 3. The van der Waals surface area contributed by atoms with Gasteiger partial charge < -0.3 is 16.0 Å². The van der Waals surface area contributed by atoms with E-state index < -0.39 is 17.6 Å². The Morgan fingerprint density at radius 1 is 0.839 bits per heavy atom. The number of aryl methyl sites for hydroxylation is 1. The highest BCUT2D eigenvalue weighted by atomic mass is 19.4. The SMILES string of the molecule is Cc1ccc(C(=O)Nc2ccccc2)cc1NCC(=O)Nc1ccccc1C(F)(F)F. The fourth-order valence-corrected chi connectivity index (χ4v) is 2.89. The topological polar surface area (TPSA) is 70.2 Å². The van der Waals surface area contributed by atoms with Gasteiger partial charge in [0, 0.05) is 16.9 Å². The summed E-state index contributed by atoms with van der Waals surface area (Å²) in [4.78, 5) is 24.7. The zero-order valence-electron chi connectivity index (χ0n) is 16.6. The van der Waals surface area contributed by atoms with Gasteiger partial charge in [-0.05, 0) is 48.9 Å². The van der Waals surface area contributed by atoms with Crippen molar-refractivity contribution in [2.45, 2.75) is 13.1 Å². The molecule has 0 aliphatic rings. The number of benzene rings is 3. The maximum atomic E-state index is 13.1. The van der Waals surface area contributed by atoms with Crippen LogP contribution in [0.4, 0.5) is 30.2 Å². The summed E-state index contributed by atoms with van der Waals surface area (Å²) in [5.74, 6) is -0.965. The highest BCUT2D eigenvalue weighted by Gasteiger charge is 2.33. The van der Waals surface area contributed by atoms with Crippen LogP contribution >= 0.6 is 0 Å². The molecule has 8 heteroatoms. The van der Waals surface area contributed by atoms with E-state index in [1.54, 1.807) is 49.4 Å². The summed E-state index contributed by atoms with van der Waals surface area (Å²) >= 11 is 0. The molecular formula is C23H20F3N3O2. The molecule has 0 aliphatic heterocycles. The third-order valence-corrected chi connectivity index (χ3v) is 4.48. The van der Waals surface area contributed by atoms with Crippen LogP contribution in [0.3, 0.4) is 0 Å². The summed E-state index contributed by atoms with van der Waals surface area (Å²) in [6, 6.07) is 18.7. The molecule has 160 valence electrons. The fraction of sp³-hybridized carbons (Fsp3) is 0.130. The molecule has 0 bridgehead atoms. The van der Waals surface area contributed by atoms with Crippen molar-refractivity contribution in [1.29, 1.82) is 0 Å². The molecule has 0 saturated heterocycles. The van der Waals surface area contributed by atoms with Crippen LogP contribution in [0, 0.1) is 6.92 Å². The van der Waals surface area contributed by atoms with Gasteiger partial charge in [-0.2, -0.15) is 13.2 Å². The molecule has 0 saturated carbocycles. The minimum atomic E-state index is -4.58. The predicted octanol–water partition coefficient (Wildman–Crippen LogP) is 5.32. The number of halogens is 3. The van der Waals surface area contributed by atoms with E-state index in [1.807, 2.05) is 6.07 Å². The average Bonchev–Trinajstić information content (AvgIpc) is 2.73. The average molecular weight is 427 g/mol. The second kappa shape index (κ2) is 9.34. The molecule has 0 aliphatic carbocycles. The lowest BCUT2D eigenvalue weighted by atomic mass is 10.1. The number of hydrogen-bond donors (Lipinski definition) is 3. The second-order valence-corrected chi connectivity index (χ2v) is 6.79. The molecule has 3 aromatic carbocycles. The van der Waals surface area contributed by atoms with Gasteiger partial charge >= 0.3 is 6.18 Å². The van der Waals surface area contributed by atoms with Crippen molar-refractivity contribution < 1.29 is 22.8 Å². The van der Waals surface area contributed by atoms with Crippen LogP contribution in [0.25, 0.3) is 0 Å². The second-order valence-electron chi connectivity index (χ2n) is 6.79. The normalized spacial score (nSPS) is 11.0. The number of nitrogens with one attached hydrogen (secondary N) is 3. The van der Waals surface area contributed by atoms with Crippen molar-refractivity contribution in [3.05, 3.63) is 89.5 Å². The number of carbonyl (C=O) groups excluding carboxylic acids is 2. The largest absolute Gasteiger partial charge is 0.418 e. The van der Waals surface area contributed by atoms with Gasteiger partial charge in [0.25, 0.3) is 5.91 Å². The Labute approximate surface area is 177 Å². The number of rotatable bonds is 6. The lowest BCUT2D eigenvalue weighted by Crippen LogP contribution is -2.24. The summed E-state index contributed by atoms with van der Waals surface area (Å²) in [5, 5.41) is 7.92. The lowest BCUT2D eigenvalue weighted by Gasteiger charge is -2.15. The Hall–Kier alpha value is -3.81. The van der Waals surface area contributed by atoms with Gasteiger partial charge in [0.05, 0.1) is 17.8 Å². The minimum absolute atomic E-state index is 0.267. The van der Waals surface area contributed by atoms with Crippen LogP contribution in [0.2, 0.25) is 0 Å². The zero-order chi connectivity index (χ0) is 22.4. The van der Waals surface area contributed by atoms with Gasteiger partial charge in [0.1, 0.15) is 0 Å². The molecule has 0 radical (unpaired) electrons. The van der Waals surface area contributed by atoms with Crippen LogP contribution in [-0.2, 0) is 11.0 Å². The Balaban J connectivity index is 1.66. The monoisotopic (exact) mass is 427 g/mol. The molecular weight excluding hydrogens is 407 g/mol. The number of amides is 2. The number of carbonyl (C=O) groups is 2. The van der Waals surface area contributed by atoms with E-state index in [0.717, 1.165) is 11.6 Å². The molecule has 3 rings (SSSR count). The van der Waals surface area contributed by atoms with Gasteiger partial charge in [0.15, 0.2) is 0 Å². The summed E-state index contributed by atoms with van der Waals surface area (Å²) in [7, 11) is 0. The van der Waals surface area contributed by atoms with E-state index in [9.17, 15) is 22.8 Å². The van der Waals surface area contributed by atoms with Crippen molar-refractivity contribution >= 4 is 28.9 Å². The summed E-state index contributed by atoms with van der Waals surface area (Å²) < 4.78 is 39.2. The standard InChI is InChI=1S/C23H20F3N3O2/c1-15-11-12-16(22(31)28-17-7-3-2-4-8-17)13-20(15)27-14-21(30)29-19-10-6-5-9-18(19)23(24,25)26/h2-13,27H,14H2,1H3,(H,28,31)(H,29,30). The van der Waals surface area contributed by atoms with Crippen molar-refractivity contribution in [3.63, 3.8) is 0 Å². The van der Waals surface area contributed by atoms with Crippen molar-refractivity contribution in [2.75, 3.05) is 22.5 Å². The van der Waals surface area contributed by atoms with E-state index in [0.29, 0.717) is 16.9 Å².